The van der Waals surface area contributed by atoms with Gasteiger partial charge >= 0.3 is 0 Å². The van der Waals surface area contributed by atoms with Gasteiger partial charge in [0.25, 0.3) is 0 Å². The zero-order valence-electron chi connectivity index (χ0n) is 23.4. The van der Waals surface area contributed by atoms with Gasteiger partial charge in [0, 0.05) is 34.7 Å². The minimum Gasteiger partial charge on any atom is -0.493 e. The van der Waals surface area contributed by atoms with Crippen molar-refractivity contribution in [2.24, 2.45) is 0 Å². The summed E-state index contributed by atoms with van der Waals surface area (Å²) in [5.41, 5.74) is 0.162. The summed E-state index contributed by atoms with van der Waals surface area (Å²) in [6, 6.07) is 11.2. The van der Waals surface area contributed by atoms with E-state index in [1.54, 1.807) is 42.5 Å². The summed E-state index contributed by atoms with van der Waals surface area (Å²) in [5, 5.41) is 23.7. The SMILES string of the molecule is C=CC[C@@H](O)COc1cc2c(cc1C1(c3cc4c(cc3OC[C@H](O)CC=C)OCO4)C(=O)Nc3c(F)cccc31)OCC2. The lowest BCUT2D eigenvalue weighted by molar-refractivity contribution is -0.118. The number of hydrogen-bond acceptors (Lipinski definition) is 8. The standard InChI is InChI=1S/C33H32FNO8/c1-3-6-20(36)16-40-27-12-19-10-11-39-26(19)13-23(27)33(22-8-5-9-25(34)31(22)35-32(33)38)24-14-29-30(43-18-42-29)15-28(24)41-17-21(37)7-4-2/h3-5,8-9,12-15,20-21,36-37H,1-2,6-7,10-11,16-18H2,(H,35,38)/t20-,21-,33?/m1/s1. The smallest absolute Gasteiger partial charge is 0.244 e. The van der Waals surface area contributed by atoms with Gasteiger partial charge in [-0.25, -0.2) is 4.39 Å². The molecule has 0 spiro atoms. The van der Waals surface area contributed by atoms with Gasteiger partial charge in [-0.2, -0.15) is 0 Å². The van der Waals surface area contributed by atoms with Crippen molar-refractivity contribution in [1.82, 2.24) is 0 Å². The fourth-order valence-corrected chi connectivity index (χ4v) is 5.82. The first kappa shape index (κ1) is 28.6. The van der Waals surface area contributed by atoms with E-state index >= 15 is 4.39 Å². The quantitative estimate of drug-likeness (QED) is 0.266. The molecule has 3 aliphatic heterocycles. The third-order valence-electron chi connectivity index (χ3n) is 7.81. The van der Waals surface area contributed by atoms with Crippen LogP contribution >= 0.6 is 0 Å². The molecule has 43 heavy (non-hydrogen) atoms. The number of para-hydroxylation sites is 1. The number of rotatable bonds is 12. The number of nitrogens with one attached hydrogen (secondary N) is 1. The Bertz CT molecular complexity index is 1510. The summed E-state index contributed by atoms with van der Waals surface area (Å²) in [6.07, 6.45) is 2.67. The summed E-state index contributed by atoms with van der Waals surface area (Å²) in [7, 11) is 0. The predicted octanol–water partition coefficient (Wildman–Crippen LogP) is 4.41. The van der Waals surface area contributed by atoms with Crippen molar-refractivity contribution >= 4 is 11.6 Å². The van der Waals surface area contributed by atoms with Crippen LogP contribution in [-0.4, -0.2) is 54.9 Å². The second-order valence-corrected chi connectivity index (χ2v) is 10.6. The molecule has 3 atom stereocenters. The Morgan fingerprint density at radius 2 is 1.53 bits per heavy atom. The van der Waals surface area contributed by atoms with E-state index in [1.807, 2.05) is 0 Å². The minimum atomic E-state index is -1.73. The van der Waals surface area contributed by atoms with Crippen LogP contribution in [-0.2, 0) is 16.6 Å². The van der Waals surface area contributed by atoms with Crippen LogP contribution in [0.2, 0.25) is 0 Å². The second-order valence-electron chi connectivity index (χ2n) is 10.6. The molecule has 10 heteroatoms. The molecule has 3 aromatic rings. The number of amides is 1. The Hall–Kier alpha value is -4.54. The molecule has 9 nitrogen and oxygen atoms in total. The highest BCUT2D eigenvalue weighted by atomic mass is 19.1. The third-order valence-corrected chi connectivity index (χ3v) is 7.81. The number of hydrogen-bond donors (Lipinski definition) is 3. The van der Waals surface area contributed by atoms with Crippen molar-refractivity contribution in [3.8, 4) is 28.7 Å². The van der Waals surface area contributed by atoms with Gasteiger partial charge in [0.05, 0.1) is 24.5 Å². The predicted molar refractivity (Wildman–Crippen MR) is 156 cm³/mol. The van der Waals surface area contributed by atoms with Crippen molar-refractivity contribution in [1.29, 1.82) is 0 Å². The number of ether oxygens (including phenoxy) is 5. The zero-order valence-corrected chi connectivity index (χ0v) is 23.4. The van der Waals surface area contributed by atoms with E-state index in [9.17, 15) is 15.0 Å². The molecule has 3 aliphatic rings. The van der Waals surface area contributed by atoms with Crippen molar-refractivity contribution in [3.63, 3.8) is 0 Å². The second kappa shape index (κ2) is 11.6. The molecule has 3 N–H and O–H groups in total. The summed E-state index contributed by atoms with van der Waals surface area (Å²) in [6.45, 7) is 7.56. The summed E-state index contributed by atoms with van der Waals surface area (Å²) in [4.78, 5) is 14.5. The molecule has 0 aromatic heterocycles. The maximum Gasteiger partial charge on any atom is 0.244 e. The van der Waals surface area contributed by atoms with Crippen LogP contribution in [0.4, 0.5) is 10.1 Å². The molecule has 0 fully saturated rings. The molecular formula is C33H32FNO8. The molecule has 0 saturated heterocycles. The summed E-state index contributed by atoms with van der Waals surface area (Å²) >= 11 is 0. The molecule has 224 valence electrons. The molecule has 3 heterocycles. The Balaban J connectivity index is 1.62. The van der Waals surface area contributed by atoms with Gasteiger partial charge in [-0.15, -0.1) is 13.2 Å². The van der Waals surface area contributed by atoms with Crippen molar-refractivity contribution in [3.05, 3.63) is 95.8 Å². The molecule has 0 radical (unpaired) electrons. The number of benzene rings is 3. The molecule has 0 bridgehead atoms. The molecule has 3 aromatic carbocycles. The average Bonchev–Trinajstić information content (AvgIpc) is 3.72. The van der Waals surface area contributed by atoms with Crippen molar-refractivity contribution < 1.29 is 43.1 Å². The first-order chi connectivity index (χ1) is 20.9. The van der Waals surface area contributed by atoms with E-state index in [4.69, 9.17) is 23.7 Å². The van der Waals surface area contributed by atoms with E-state index in [2.05, 4.69) is 18.5 Å². The van der Waals surface area contributed by atoms with Gasteiger partial charge in [-0.3, -0.25) is 4.79 Å². The van der Waals surface area contributed by atoms with Crippen LogP contribution in [0, 0.1) is 5.82 Å². The van der Waals surface area contributed by atoms with E-state index in [1.165, 1.54) is 12.1 Å². The topological polar surface area (TPSA) is 116 Å². The Kier molecular flexibility index (Phi) is 7.72. The minimum absolute atomic E-state index is 0.0156. The van der Waals surface area contributed by atoms with Gasteiger partial charge in [-0.1, -0.05) is 24.3 Å². The number of anilines is 1. The van der Waals surface area contributed by atoms with Crippen LogP contribution in [0.15, 0.2) is 67.8 Å². The lowest BCUT2D eigenvalue weighted by atomic mass is 9.69. The van der Waals surface area contributed by atoms with Gasteiger partial charge in [-0.05, 0) is 37.1 Å². The number of halogens is 1. The van der Waals surface area contributed by atoms with Crippen LogP contribution < -0.4 is 29.0 Å². The van der Waals surface area contributed by atoms with E-state index in [0.717, 1.165) is 5.56 Å². The monoisotopic (exact) mass is 589 g/mol. The van der Waals surface area contributed by atoms with Crippen molar-refractivity contribution in [2.75, 3.05) is 31.9 Å². The number of aliphatic hydroxyl groups is 2. The molecule has 0 aliphatic carbocycles. The Labute approximate surface area is 248 Å². The maximum atomic E-state index is 15.3. The first-order valence-corrected chi connectivity index (χ1v) is 14.0. The van der Waals surface area contributed by atoms with E-state index < -0.39 is 29.3 Å². The third kappa shape index (κ3) is 4.96. The summed E-state index contributed by atoms with van der Waals surface area (Å²) < 4.78 is 44.9. The van der Waals surface area contributed by atoms with Crippen LogP contribution in [0.25, 0.3) is 0 Å². The maximum absolute atomic E-state index is 15.3. The molecule has 1 amide bonds. The van der Waals surface area contributed by atoms with Gasteiger partial charge in [0.1, 0.15) is 41.7 Å². The molecule has 0 saturated carbocycles. The normalized spacial score (nSPS) is 19.1. The van der Waals surface area contributed by atoms with Gasteiger partial charge in [0.15, 0.2) is 11.5 Å². The fraction of sp³-hybridized carbons (Fsp3) is 0.303. The lowest BCUT2D eigenvalue weighted by Crippen LogP contribution is -2.38. The van der Waals surface area contributed by atoms with E-state index in [0.29, 0.717) is 59.1 Å². The Morgan fingerprint density at radius 1 is 0.907 bits per heavy atom. The van der Waals surface area contributed by atoms with Crippen LogP contribution in [0.1, 0.15) is 35.1 Å². The first-order valence-electron chi connectivity index (χ1n) is 14.0. The largest absolute Gasteiger partial charge is 0.493 e. The highest BCUT2D eigenvalue weighted by Crippen LogP contribution is 2.56. The number of carbonyl (C=O) groups is 1. The Morgan fingerprint density at radius 3 is 2.21 bits per heavy atom. The van der Waals surface area contributed by atoms with Gasteiger partial charge < -0.3 is 39.2 Å². The van der Waals surface area contributed by atoms with Gasteiger partial charge in [0.2, 0.25) is 12.7 Å². The average molecular weight is 590 g/mol. The number of carbonyl (C=O) groups excluding carboxylic acids is 1. The molecule has 6 rings (SSSR count). The number of fused-ring (bicyclic) bond motifs is 3. The van der Waals surface area contributed by atoms with E-state index in [-0.39, 0.29) is 37.9 Å². The highest BCUT2D eigenvalue weighted by Gasteiger charge is 2.54. The zero-order chi connectivity index (χ0) is 30.1. The van der Waals surface area contributed by atoms with Crippen LogP contribution in [0.5, 0.6) is 28.7 Å². The molecular weight excluding hydrogens is 557 g/mol. The highest BCUT2D eigenvalue weighted by molar-refractivity contribution is 6.12. The lowest BCUT2D eigenvalue weighted by Gasteiger charge is -2.33. The molecule has 1 unspecified atom stereocenters. The van der Waals surface area contributed by atoms with Crippen molar-refractivity contribution in [2.45, 2.75) is 36.9 Å². The summed E-state index contributed by atoms with van der Waals surface area (Å²) in [5.74, 6) is 0.693. The fourth-order valence-electron chi connectivity index (χ4n) is 5.82. The number of aliphatic hydroxyl groups excluding tert-OH is 2. The van der Waals surface area contributed by atoms with Crippen LogP contribution in [0.3, 0.4) is 0 Å².